The molecular formula is C26H22N4O4. The summed E-state index contributed by atoms with van der Waals surface area (Å²) in [6.07, 6.45) is 6.48. The van der Waals surface area contributed by atoms with Gasteiger partial charge in [-0.3, -0.25) is 19.6 Å². The molecule has 2 heterocycles. The van der Waals surface area contributed by atoms with Crippen LogP contribution in [0.1, 0.15) is 26.3 Å². The zero-order valence-electron chi connectivity index (χ0n) is 18.4. The molecule has 0 fully saturated rings. The highest BCUT2D eigenvalue weighted by Crippen LogP contribution is 2.31. The molecule has 0 aliphatic heterocycles. The van der Waals surface area contributed by atoms with Crippen molar-refractivity contribution in [2.45, 2.75) is 6.61 Å². The molecule has 2 aromatic heterocycles. The topological polar surface area (TPSA) is 102 Å². The van der Waals surface area contributed by atoms with Gasteiger partial charge in [-0.05, 0) is 48.5 Å². The number of anilines is 2. The van der Waals surface area contributed by atoms with E-state index in [1.165, 1.54) is 6.20 Å². The first-order valence-electron chi connectivity index (χ1n) is 10.4. The molecule has 0 bridgehead atoms. The number of benzene rings is 2. The van der Waals surface area contributed by atoms with Crippen LogP contribution in [-0.2, 0) is 6.61 Å². The summed E-state index contributed by atoms with van der Waals surface area (Å²) in [5.41, 5.74) is 2.75. The van der Waals surface area contributed by atoms with E-state index in [1.807, 2.05) is 12.1 Å². The molecule has 2 aromatic carbocycles. The predicted molar refractivity (Wildman–Crippen MR) is 128 cm³/mol. The van der Waals surface area contributed by atoms with Crippen LogP contribution in [0.3, 0.4) is 0 Å². The number of nitrogens with one attached hydrogen (secondary N) is 2. The molecule has 0 unspecified atom stereocenters. The third-order valence-corrected chi connectivity index (χ3v) is 4.84. The predicted octanol–water partition coefficient (Wildman–Crippen LogP) is 4.57. The van der Waals surface area contributed by atoms with E-state index in [4.69, 9.17) is 9.47 Å². The van der Waals surface area contributed by atoms with Gasteiger partial charge in [-0.25, -0.2) is 0 Å². The lowest BCUT2D eigenvalue weighted by Crippen LogP contribution is -2.15. The Balaban J connectivity index is 1.45. The number of hydrogen-bond acceptors (Lipinski definition) is 6. The molecule has 0 aliphatic carbocycles. The van der Waals surface area contributed by atoms with Crippen molar-refractivity contribution in [2.24, 2.45) is 0 Å². The van der Waals surface area contributed by atoms with Crippen LogP contribution in [0, 0.1) is 0 Å². The number of pyridine rings is 2. The molecule has 8 heteroatoms. The summed E-state index contributed by atoms with van der Waals surface area (Å²) in [5, 5.41) is 5.62. The summed E-state index contributed by atoms with van der Waals surface area (Å²) in [7, 11) is 1.55. The Kier molecular flexibility index (Phi) is 7.09. The Morgan fingerprint density at radius 1 is 0.765 bits per heavy atom. The van der Waals surface area contributed by atoms with Gasteiger partial charge in [0.2, 0.25) is 0 Å². The van der Waals surface area contributed by atoms with E-state index in [0.717, 1.165) is 5.56 Å². The van der Waals surface area contributed by atoms with Crippen molar-refractivity contribution in [3.05, 3.63) is 108 Å². The van der Waals surface area contributed by atoms with Gasteiger partial charge in [-0.1, -0.05) is 12.1 Å². The normalized spacial score (nSPS) is 10.3. The molecule has 170 valence electrons. The van der Waals surface area contributed by atoms with E-state index in [1.54, 1.807) is 80.3 Å². The minimum Gasteiger partial charge on any atom is -0.493 e. The highest BCUT2D eigenvalue weighted by molar-refractivity contribution is 6.07. The van der Waals surface area contributed by atoms with Crippen molar-refractivity contribution in [3.63, 3.8) is 0 Å². The van der Waals surface area contributed by atoms with E-state index < -0.39 is 0 Å². The Morgan fingerprint density at radius 3 is 2.18 bits per heavy atom. The largest absolute Gasteiger partial charge is 0.493 e. The molecule has 0 aliphatic rings. The van der Waals surface area contributed by atoms with Crippen LogP contribution in [0.2, 0.25) is 0 Å². The molecule has 0 atom stereocenters. The average molecular weight is 454 g/mol. The van der Waals surface area contributed by atoms with Crippen LogP contribution < -0.4 is 20.1 Å². The first kappa shape index (κ1) is 22.5. The molecule has 8 nitrogen and oxygen atoms in total. The Labute approximate surface area is 196 Å². The lowest BCUT2D eigenvalue weighted by molar-refractivity contribution is 0.101. The summed E-state index contributed by atoms with van der Waals surface area (Å²) >= 11 is 0. The van der Waals surface area contributed by atoms with E-state index in [-0.39, 0.29) is 11.8 Å². The fourth-order valence-corrected chi connectivity index (χ4v) is 3.15. The van der Waals surface area contributed by atoms with Crippen LogP contribution in [0.15, 0.2) is 91.5 Å². The summed E-state index contributed by atoms with van der Waals surface area (Å²) < 4.78 is 11.2. The van der Waals surface area contributed by atoms with Crippen molar-refractivity contribution >= 4 is 23.2 Å². The number of rotatable bonds is 8. The summed E-state index contributed by atoms with van der Waals surface area (Å²) in [6.45, 7) is 0.306. The van der Waals surface area contributed by atoms with Crippen molar-refractivity contribution in [1.29, 1.82) is 0 Å². The van der Waals surface area contributed by atoms with Crippen molar-refractivity contribution in [3.8, 4) is 11.5 Å². The van der Waals surface area contributed by atoms with Crippen LogP contribution in [0.25, 0.3) is 0 Å². The monoisotopic (exact) mass is 454 g/mol. The molecule has 0 radical (unpaired) electrons. The molecule has 4 aromatic rings. The maximum Gasteiger partial charge on any atom is 0.257 e. The Morgan fingerprint density at radius 2 is 1.47 bits per heavy atom. The molecule has 0 saturated carbocycles. The zero-order valence-corrected chi connectivity index (χ0v) is 18.4. The van der Waals surface area contributed by atoms with Crippen LogP contribution in [0.4, 0.5) is 11.4 Å². The summed E-state index contributed by atoms with van der Waals surface area (Å²) in [4.78, 5) is 33.2. The molecule has 2 amide bonds. The van der Waals surface area contributed by atoms with Crippen LogP contribution in [-0.4, -0.2) is 28.9 Å². The third kappa shape index (κ3) is 5.74. The second-order valence-electron chi connectivity index (χ2n) is 7.25. The maximum atomic E-state index is 12.9. The van der Waals surface area contributed by atoms with Gasteiger partial charge >= 0.3 is 0 Å². The van der Waals surface area contributed by atoms with Gasteiger partial charge < -0.3 is 20.1 Å². The number of nitrogens with zero attached hydrogens (tertiary/aromatic N) is 2. The van der Waals surface area contributed by atoms with Gasteiger partial charge in [-0.2, -0.15) is 0 Å². The number of carbonyl (C=O) groups is 2. The van der Waals surface area contributed by atoms with Gasteiger partial charge in [0.05, 0.1) is 12.7 Å². The molecular weight excluding hydrogens is 432 g/mol. The van der Waals surface area contributed by atoms with Crippen molar-refractivity contribution in [2.75, 3.05) is 17.7 Å². The Hall–Kier alpha value is -4.72. The average Bonchev–Trinajstić information content (AvgIpc) is 2.89. The van der Waals surface area contributed by atoms with E-state index >= 15 is 0 Å². The SMILES string of the molecule is COc1ccc(NC(=O)c2cccc(NC(=O)c3cccnc3)c2)cc1OCc1cccnc1. The number of methoxy groups -OCH3 is 1. The lowest BCUT2D eigenvalue weighted by Gasteiger charge is -2.13. The second kappa shape index (κ2) is 10.7. The minimum atomic E-state index is -0.333. The fraction of sp³-hybridized carbons (Fsp3) is 0.0769. The molecule has 2 N–H and O–H groups in total. The number of amides is 2. The first-order chi connectivity index (χ1) is 16.6. The van der Waals surface area contributed by atoms with Gasteiger partial charge in [-0.15, -0.1) is 0 Å². The van der Waals surface area contributed by atoms with Gasteiger partial charge in [0.15, 0.2) is 11.5 Å². The molecule has 4 rings (SSSR count). The summed E-state index contributed by atoms with van der Waals surface area (Å²) in [6, 6.07) is 18.9. The number of aromatic nitrogens is 2. The van der Waals surface area contributed by atoms with Gasteiger partial charge in [0, 0.05) is 53.4 Å². The zero-order chi connectivity index (χ0) is 23.8. The minimum absolute atomic E-state index is 0.306. The quantitative estimate of drug-likeness (QED) is 0.404. The van der Waals surface area contributed by atoms with Crippen LogP contribution in [0.5, 0.6) is 11.5 Å². The first-order valence-corrected chi connectivity index (χ1v) is 10.4. The number of hydrogen-bond donors (Lipinski definition) is 2. The number of carbonyl (C=O) groups excluding carboxylic acids is 2. The standard InChI is InChI=1S/C26H22N4O4/c1-33-23-10-9-22(14-24(23)34-17-18-5-3-11-27-15-18)30-25(31)19-6-2-8-21(13-19)29-26(32)20-7-4-12-28-16-20/h2-16H,17H2,1H3,(H,29,32)(H,30,31). The van der Waals surface area contributed by atoms with Gasteiger partial charge in [0.1, 0.15) is 6.61 Å². The van der Waals surface area contributed by atoms with E-state index in [9.17, 15) is 9.59 Å². The maximum absolute atomic E-state index is 12.9. The molecule has 0 spiro atoms. The van der Waals surface area contributed by atoms with Crippen molar-refractivity contribution in [1.82, 2.24) is 9.97 Å². The third-order valence-electron chi connectivity index (χ3n) is 4.84. The van der Waals surface area contributed by atoms with E-state index in [0.29, 0.717) is 40.6 Å². The van der Waals surface area contributed by atoms with Crippen LogP contribution >= 0.6 is 0 Å². The summed E-state index contributed by atoms with van der Waals surface area (Å²) in [5.74, 6) is 0.390. The Bertz CT molecular complexity index is 1280. The van der Waals surface area contributed by atoms with Crippen molar-refractivity contribution < 1.29 is 19.1 Å². The highest BCUT2D eigenvalue weighted by Gasteiger charge is 2.12. The highest BCUT2D eigenvalue weighted by atomic mass is 16.5. The molecule has 0 saturated heterocycles. The van der Waals surface area contributed by atoms with E-state index in [2.05, 4.69) is 20.6 Å². The lowest BCUT2D eigenvalue weighted by atomic mass is 10.1. The van der Waals surface area contributed by atoms with Gasteiger partial charge in [0.25, 0.3) is 11.8 Å². The smallest absolute Gasteiger partial charge is 0.257 e. The molecule has 34 heavy (non-hydrogen) atoms. The second-order valence-corrected chi connectivity index (χ2v) is 7.25. The fourth-order valence-electron chi connectivity index (χ4n) is 3.15. The number of ether oxygens (including phenoxy) is 2.